The van der Waals surface area contributed by atoms with E-state index in [9.17, 15) is 15.0 Å². The summed E-state index contributed by atoms with van der Waals surface area (Å²) in [6.07, 6.45) is 60.4. The van der Waals surface area contributed by atoms with Crippen LogP contribution < -0.4 is 5.32 Å². The lowest BCUT2D eigenvalue weighted by atomic mass is 10.1. The van der Waals surface area contributed by atoms with Gasteiger partial charge in [0.25, 0.3) is 0 Å². The summed E-state index contributed by atoms with van der Waals surface area (Å²) in [5, 5.41) is 23.0. The molecule has 4 heteroatoms. The first kappa shape index (κ1) is 50.1. The third-order valence-corrected chi connectivity index (χ3v) is 9.95. The molecule has 0 saturated heterocycles. The second kappa shape index (κ2) is 43.5. The Bertz CT molecular complexity index is 873. The van der Waals surface area contributed by atoms with Crippen molar-refractivity contribution in [2.75, 3.05) is 6.61 Å². The molecule has 0 rings (SSSR count). The molecule has 0 aromatic carbocycles. The van der Waals surface area contributed by atoms with Crippen molar-refractivity contribution >= 4 is 5.91 Å². The van der Waals surface area contributed by atoms with Gasteiger partial charge in [-0.2, -0.15) is 0 Å². The predicted octanol–water partition coefficient (Wildman–Crippen LogP) is 14.1. The molecule has 0 spiro atoms. The van der Waals surface area contributed by atoms with Crippen LogP contribution >= 0.6 is 0 Å². The van der Waals surface area contributed by atoms with Gasteiger partial charge in [-0.3, -0.25) is 4.79 Å². The van der Waals surface area contributed by atoms with E-state index in [4.69, 9.17) is 0 Å². The number of allylic oxidation sites excluding steroid dienone is 9. The third-order valence-electron chi connectivity index (χ3n) is 9.95. The van der Waals surface area contributed by atoms with Crippen LogP contribution in [0.1, 0.15) is 219 Å². The number of hydrogen-bond donors (Lipinski definition) is 3. The summed E-state index contributed by atoms with van der Waals surface area (Å²) in [5.74, 6) is -0.0870. The number of carbonyl (C=O) groups is 1. The Morgan fingerprint density at radius 3 is 1.23 bits per heavy atom. The van der Waals surface area contributed by atoms with Gasteiger partial charge in [0.15, 0.2) is 0 Å². The molecule has 0 fully saturated rings. The molecule has 302 valence electrons. The molecular formula is C48H87NO3. The lowest BCUT2D eigenvalue weighted by Gasteiger charge is -2.19. The van der Waals surface area contributed by atoms with Gasteiger partial charge in [-0.25, -0.2) is 0 Å². The summed E-state index contributed by atoms with van der Waals surface area (Å²) < 4.78 is 0. The van der Waals surface area contributed by atoms with Crippen molar-refractivity contribution in [3.63, 3.8) is 0 Å². The van der Waals surface area contributed by atoms with Crippen molar-refractivity contribution < 1.29 is 15.0 Å². The third kappa shape index (κ3) is 39.3. The van der Waals surface area contributed by atoms with E-state index in [1.807, 2.05) is 6.08 Å². The van der Waals surface area contributed by atoms with E-state index in [0.717, 1.165) is 51.4 Å². The van der Waals surface area contributed by atoms with Crippen molar-refractivity contribution in [3.05, 3.63) is 60.8 Å². The summed E-state index contributed by atoms with van der Waals surface area (Å²) >= 11 is 0. The monoisotopic (exact) mass is 726 g/mol. The van der Waals surface area contributed by atoms with E-state index >= 15 is 0 Å². The Labute approximate surface area is 324 Å². The number of carbonyl (C=O) groups excluding carboxylic acids is 1. The molecule has 0 radical (unpaired) electrons. The van der Waals surface area contributed by atoms with Gasteiger partial charge in [0.05, 0.1) is 18.8 Å². The molecule has 1 amide bonds. The van der Waals surface area contributed by atoms with Crippen molar-refractivity contribution in [3.8, 4) is 0 Å². The molecule has 0 aromatic heterocycles. The molecule has 0 bridgehead atoms. The zero-order valence-electron chi connectivity index (χ0n) is 34.6. The van der Waals surface area contributed by atoms with E-state index in [-0.39, 0.29) is 12.5 Å². The Kier molecular flexibility index (Phi) is 41.9. The molecule has 4 nitrogen and oxygen atoms in total. The molecule has 2 unspecified atom stereocenters. The zero-order valence-corrected chi connectivity index (χ0v) is 34.6. The van der Waals surface area contributed by atoms with Gasteiger partial charge in [0.1, 0.15) is 0 Å². The second-order valence-electron chi connectivity index (χ2n) is 15.1. The van der Waals surface area contributed by atoms with Crippen LogP contribution in [0.25, 0.3) is 0 Å². The van der Waals surface area contributed by atoms with Crippen LogP contribution in [-0.2, 0) is 4.79 Å². The first-order chi connectivity index (χ1) is 25.7. The van der Waals surface area contributed by atoms with Gasteiger partial charge >= 0.3 is 0 Å². The molecule has 0 aliphatic rings. The smallest absolute Gasteiger partial charge is 0.220 e. The van der Waals surface area contributed by atoms with Crippen LogP contribution in [0.5, 0.6) is 0 Å². The first-order valence-corrected chi connectivity index (χ1v) is 22.5. The number of aliphatic hydroxyl groups is 2. The highest BCUT2D eigenvalue weighted by Gasteiger charge is 2.17. The molecular weight excluding hydrogens is 639 g/mol. The van der Waals surface area contributed by atoms with Crippen LogP contribution in [0.3, 0.4) is 0 Å². The van der Waals surface area contributed by atoms with Crippen molar-refractivity contribution in [1.29, 1.82) is 0 Å². The molecule has 0 aromatic rings. The highest BCUT2D eigenvalue weighted by atomic mass is 16.3. The number of unbranched alkanes of at least 4 members (excludes halogenated alkanes) is 25. The number of amides is 1. The maximum absolute atomic E-state index is 12.4. The molecule has 0 aliphatic carbocycles. The lowest BCUT2D eigenvalue weighted by Crippen LogP contribution is -2.45. The van der Waals surface area contributed by atoms with Crippen LogP contribution in [0.2, 0.25) is 0 Å². The SMILES string of the molecule is CCCCCCCCC/C=C/CC/C=C/CC/C=C/C(O)C(CO)NC(=O)CCCCCCCCC/C=C\C/C=C\CCCCCCCCCCC. The quantitative estimate of drug-likeness (QED) is 0.0435. The van der Waals surface area contributed by atoms with Gasteiger partial charge in [0, 0.05) is 6.42 Å². The minimum atomic E-state index is -0.875. The summed E-state index contributed by atoms with van der Waals surface area (Å²) in [6.45, 7) is 4.28. The number of nitrogens with one attached hydrogen (secondary N) is 1. The molecule has 0 aliphatic heterocycles. The van der Waals surface area contributed by atoms with Crippen LogP contribution in [0.15, 0.2) is 60.8 Å². The molecule has 0 saturated carbocycles. The van der Waals surface area contributed by atoms with E-state index in [1.54, 1.807) is 6.08 Å². The van der Waals surface area contributed by atoms with Crippen molar-refractivity contribution in [1.82, 2.24) is 5.32 Å². The largest absolute Gasteiger partial charge is 0.394 e. The predicted molar refractivity (Wildman–Crippen MR) is 230 cm³/mol. The lowest BCUT2D eigenvalue weighted by molar-refractivity contribution is -0.123. The van der Waals surface area contributed by atoms with Crippen LogP contribution in [0, 0.1) is 0 Å². The molecule has 52 heavy (non-hydrogen) atoms. The molecule has 2 atom stereocenters. The Hall–Kier alpha value is -1.91. The maximum Gasteiger partial charge on any atom is 0.220 e. The second-order valence-corrected chi connectivity index (χ2v) is 15.1. The van der Waals surface area contributed by atoms with Crippen molar-refractivity contribution in [2.24, 2.45) is 0 Å². The highest BCUT2D eigenvalue weighted by molar-refractivity contribution is 5.76. The topological polar surface area (TPSA) is 69.6 Å². The van der Waals surface area contributed by atoms with Crippen LogP contribution in [0.4, 0.5) is 0 Å². The fraction of sp³-hybridized carbons (Fsp3) is 0.771. The van der Waals surface area contributed by atoms with Crippen LogP contribution in [-0.4, -0.2) is 34.9 Å². The minimum Gasteiger partial charge on any atom is -0.394 e. The summed E-state index contributed by atoms with van der Waals surface area (Å²) in [4.78, 5) is 12.4. The Morgan fingerprint density at radius 1 is 0.462 bits per heavy atom. The van der Waals surface area contributed by atoms with Gasteiger partial charge in [-0.05, 0) is 77.0 Å². The summed E-state index contributed by atoms with van der Waals surface area (Å²) in [6, 6.07) is -0.651. The van der Waals surface area contributed by atoms with E-state index < -0.39 is 12.1 Å². The number of aliphatic hydroxyl groups excluding tert-OH is 2. The average molecular weight is 726 g/mol. The fourth-order valence-electron chi connectivity index (χ4n) is 6.47. The number of rotatable bonds is 40. The first-order valence-electron chi connectivity index (χ1n) is 22.5. The van der Waals surface area contributed by atoms with Gasteiger partial charge in [-0.15, -0.1) is 0 Å². The molecule has 3 N–H and O–H groups in total. The highest BCUT2D eigenvalue weighted by Crippen LogP contribution is 2.13. The molecule has 0 heterocycles. The van der Waals surface area contributed by atoms with E-state index in [0.29, 0.717) is 6.42 Å². The average Bonchev–Trinajstić information content (AvgIpc) is 3.15. The van der Waals surface area contributed by atoms with E-state index in [2.05, 4.69) is 67.8 Å². The van der Waals surface area contributed by atoms with E-state index in [1.165, 1.54) is 148 Å². The summed E-state index contributed by atoms with van der Waals surface area (Å²) in [5.41, 5.74) is 0. The normalized spacial score (nSPS) is 13.5. The van der Waals surface area contributed by atoms with Gasteiger partial charge in [-0.1, -0.05) is 197 Å². The fourth-order valence-corrected chi connectivity index (χ4v) is 6.47. The standard InChI is InChI=1S/C48H87NO3/c1-3-5-7-9-11-13-15-17-19-21-22-23-24-25-26-28-30-32-34-36-38-40-42-44-48(52)49-46(45-50)47(51)43-41-39-37-35-33-31-29-27-20-18-16-14-12-10-8-6-4-2/h20,22-23,25-27,33,35,41,43,46-47,50-51H,3-19,21,24,28-32,34,36-40,42,44-45H2,1-2H3,(H,49,52)/b23-22-,26-25-,27-20+,35-33+,43-41+. The van der Waals surface area contributed by atoms with Gasteiger partial charge < -0.3 is 15.5 Å². The van der Waals surface area contributed by atoms with Gasteiger partial charge in [0.2, 0.25) is 5.91 Å². The maximum atomic E-state index is 12.4. The Morgan fingerprint density at radius 2 is 0.808 bits per heavy atom. The Balaban J connectivity index is 3.66. The number of hydrogen-bond acceptors (Lipinski definition) is 3. The minimum absolute atomic E-state index is 0.0870. The zero-order chi connectivity index (χ0) is 37.8. The summed E-state index contributed by atoms with van der Waals surface area (Å²) in [7, 11) is 0. The van der Waals surface area contributed by atoms with Crippen molar-refractivity contribution in [2.45, 2.75) is 231 Å².